The van der Waals surface area contributed by atoms with E-state index in [4.69, 9.17) is 4.74 Å². The monoisotopic (exact) mass is 371 g/mol. The first kappa shape index (κ1) is 19.1. The van der Waals surface area contributed by atoms with Crippen LogP contribution in [-0.2, 0) is 14.6 Å². The minimum atomic E-state index is -3.94. The van der Waals surface area contributed by atoms with Crippen LogP contribution >= 0.6 is 0 Å². The van der Waals surface area contributed by atoms with Crippen molar-refractivity contribution in [3.8, 4) is 0 Å². The Kier molecular flexibility index (Phi) is 5.31. The number of carbonyl (C=O) groups is 1. The highest BCUT2D eigenvalue weighted by Gasteiger charge is 2.35. The molecule has 2 rings (SSSR count). The Morgan fingerprint density at radius 2 is 2.16 bits per heavy atom. The number of carbonyl (C=O) groups excluding carboxylic acids is 1. The summed E-state index contributed by atoms with van der Waals surface area (Å²) in [4.78, 5) is 27.4. The molecule has 1 amide bonds. The molecule has 1 aromatic rings. The predicted octanol–water partition coefficient (Wildman–Crippen LogP) is 2.02. The van der Waals surface area contributed by atoms with Crippen LogP contribution in [0.15, 0.2) is 23.4 Å². The lowest BCUT2D eigenvalue weighted by atomic mass is 10.2. The van der Waals surface area contributed by atoms with E-state index in [0.717, 1.165) is 6.07 Å². The fraction of sp³-hybridized carbons (Fsp3) is 0.600. The molecule has 9 nitrogen and oxygen atoms in total. The SMILES string of the molecule is CC(C)(C)OC(=O)N1CC[C@@H](CS(=O)(=O)c2ncccc2[N+](=O)[O-])C1. The molecule has 0 saturated carbocycles. The fourth-order valence-corrected chi connectivity index (χ4v) is 4.34. The third kappa shape index (κ3) is 4.88. The van der Waals surface area contributed by atoms with Gasteiger partial charge in [-0.05, 0) is 39.2 Å². The summed E-state index contributed by atoms with van der Waals surface area (Å²) in [6.07, 6.45) is 1.21. The summed E-state index contributed by atoms with van der Waals surface area (Å²) in [7, 11) is -3.94. The molecule has 138 valence electrons. The molecule has 2 heterocycles. The van der Waals surface area contributed by atoms with Crippen LogP contribution in [-0.4, -0.2) is 53.8 Å². The van der Waals surface area contributed by atoms with Gasteiger partial charge in [0, 0.05) is 25.4 Å². The number of nitrogens with zero attached hydrogens (tertiary/aromatic N) is 3. The Balaban J connectivity index is 2.08. The summed E-state index contributed by atoms with van der Waals surface area (Å²) in [5.74, 6) is -0.622. The predicted molar refractivity (Wildman–Crippen MR) is 88.9 cm³/mol. The van der Waals surface area contributed by atoms with Crippen molar-refractivity contribution in [1.82, 2.24) is 9.88 Å². The van der Waals surface area contributed by atoms with Crippen molar-refractivity contribution in [1.29, 1.82) is 0 Å². The van der Waals surface area contributed by atoms with E-state index in [1.54, 1.807) is 20.8 Å². The number of rotatable bonds is 4. The Hall–Kier alpha value is -2.23. The van der Waals surface area contributed by atoms with Crippen LogP contribution in [0.3, 0.4) is 0 Å². The average Bonchev–Trinajstić information content (AvgIpc) is 2.93. The first-order valence-corrected chi connectivity index (χ1v) is 9.45. The standard InChI is InChI=1S/C15H21N3O6S/c1-15(2,3)24-14(19)17-8-6-11(9-17)10-25(22,23)13-12(18(20)21)5-4-7-16-13/h4-5,7,11H,6,8-10H2,1-3H3/t11-/m1/s1. The molecule has 0 spiro atoms. The maximum Gasteiger partial charge on any atom is 0.410 e. The van der Waals surface area contributed by atoms with Crippen LogP contribution < -0.4 is 0 Å². The Bertz CT molecular complexity index is 772. The minimum absolute atomic E-state index is 0.231. The van der Waals surface area contributed by atoms with Gasteiger partial charge in [-0.3, -0.25) is 10.1 Å². The second-order valence-electron chi connectivity index (χ2n) is 6.95. The molecule has 1 atom stereocenters. The average molecular weight is 371 g/mol. The Morgan fingerprint density at radius 3 is 2.76 bits per heavy atom. The largest absolute Gasteiger partial charge is 0.444 e. The summed E-state index contributed by atoms with van der Waals surface area (Å²) in [6.45, 7) is 5.88. The number of amides is 1. The molecule has 0 unspecified atom stereocenters. The molecule has 1 aliphatic heterocycles. The van der Waals surface area contributed by atoms with Gasteiger partial charge in [0.1, 0.15) is 5.60 Å². The van der Waals surface area contributed by atoms with Crippen LogP contribution in [0.25, 0.3) is 0 Å². The highest BCUT2D eigenvalue weighted by atomic mass is 32.2. The third-order valence-corrected chi connectivity index (χ3v) is 5.45. The van der Waals surface area contributed by atoms with Gasteiger partial charge in [-0.25, -0.2) is 18.2 Å². The van der Waals surface area contributed by atoms with Crippen LogP contribution in [0.2, 0.25) is 0 Å². The Labute approximate surface area is 146 Å². The number of aromatic nitrogens is 1. The van der Waals surface area contributed by atoms with Gasteiger partial charge in [-0.15, -0.1) is 0 Å². The molecular weight excluding hydrogens is 350 g/mol. The van der Waals surface area contributed by atoms with Crippen LogP contribution in [0, 0.1) is 16.0 Å². The van der Waals surface area contributed by atoms with Crippen molar-refractivity contribution in [2.45, 2.75) is 37.8 Å². The van der Waals surface area contributed by atoms with Gasteiger partial charge in [-0.2, -0.15) is 0 Å². The van der Waals surface area contributed by atoms with Gasteiger partial charge in [0.2, 0.25) is 14.9 Å². The van der Waals surface area contributed by atoms with Gasteiger partial charge in [-0.1, -0.05) is 0 Å². The molecule has 25 heavy (non-hydrogen) atoms. The van der Waals surface area contributed by atoms with E-state index >= 15 is 0 Å². The molecule has 0 bridgehead atoms. The molecule has 0 aromatic carbocycles. The van der Waals surface area contributed by atoms with E-state index in [0.29, 0.717) is 13.0 Å². The molecule has 1 aliphatic rings. The van der Waals surface area contributed by atoms with E-state index in [2.05, 4.69) is 4.98 Å². The molecule has 0 aliphatic carbocycles. The van der Waals surface area contributed by atoms with Gasteiger partial charge >= 0.3 is 11.8 Å². The quantitative estimate of drug-likeness (QED) is 0.586. The van der Waals surface area contributed by atoms with Gasteiger partial charge in [0.25, 0.3) is 0 Å². The van der Waals surface area contributed by atoms with Crippen molar-refractivity contribution in [3.63, 3.8) is 0 Å². The zero-order chi connectivity index (χ0) is 18.8. The zero-order valence-electron chi connectivity index (χ0n) is 14.3. The lowest BCUT2D eigenvalue weighted by Crippen LogP contribution is -2.35. The number of ether oxygens (including phenoxy) is 1. The van der Waals surface area contributed by atoms with Crippen LogP contribution in [0.5, 0.6) is 0 Å². The van der Waals surface area contributed by atoms with Gasteiger partial charge in [0.15, 0.2) is 0 Å². The maximum absolute atomic E-state index is 12.5. The highest BCUT2D eigenvalue weighted by Crippen LogP contribution is 2.26. The summed E-state index contributed by atoms with van der Waals surface area (Å²) in [6, 6.07) is 2.43. The molecule has 0 N–H and O–H groups in total. The smallest absolute Gasteiger partial charge is 0.410 e. The van der Waals surface area contributed by atoms with E-state index in [1.807, 2.05) is 0 Å². The first-order valence-electron chi connectivity index (χ1n) is 7.80. The Morgan fingerprint density at radius 1 is 1.48 bits per heavy atom. The second kappa shape index (κ2) is 6.95. The lowest BCUT2D eigenvalue weighted by Gasteiger charge is -2.24. The van der Waals surface area contributed by atoms with Crippen LogP contribution in [0.1, 0.15) is 27.2 Å². The van der Waals surface area contributed by atoms with E-state index < -0.39 is 37.2 Å². The topological polar surface area (TPSA) is 120 Å². The van der Waals surface area contributed by atoms with Gasteiger partial charge < -0.3 is 9.64 Å². The van der Waals surface area contributed by atoms with E-state index in [-0.39, 0.29) is 18.2 Å². The van der Waals surface area contributed by atoms with Crippen molar-refractivity contribution in [3.05, 3.63) is 28.4 Å². The van der Waals surface area contributed by atoms with Gasteiger partial charge in [0.05, 0.1) is 10.7 Å². The molecule has 1 fully saturated rings. The summed E-state index contributed by atoms with van der Waals surface area (Å²) < 4.78 is 30.3. The number of likely N-dealkylation sites (tertiary alicyclic amines) is 1. The molecule has 1 aromatic heterocycles. The summed E-state index contributed by atoms with van der Waals surface area (Å²) >= 11 is 0. The first-order chi connectivity index (χ1) is 11.5. The second-order valence-corrected chi connectivity index (χ2v) is 8.90. The summed E-state index contributed by atoms with van der Waals surface area (Å²) in [5.41, 5.74) is -1.17. The number of hydrogen-bond donors (Lipinski definition) is 0. The van der Waals surface area contributed by atoms with Crippen LogP contribution in [0.4, 0.5) is 10.5 Å². The number of pyridine rings is 1. The normalized spacial score (nSPS) is 18.2. The van der Waals surface area contributed by atoms with Crippen molar-refractivity contribution in [2.24, 2.45) is 5.92 Å². The fourth-order valence-electron chi connectivity index (χ4n) is 2.61. The van der Waals surface area contributed by atoms with Crippen molar-refractivity contribution < 1.29 is 22.9 Å². The number of nitro groups is 1. The molecular formula is C15H21N3O6S. The number of hydrogen-bond acceptors (Lipinski definition) is 7. The maximum atomic E-state index is 12.5. The van der Waals surface area contributed by atoms with Crippen molar-refractivity contribution in [2.75, 3.05) is 18.8 Å². The highest BCUT2D eigenvalue weighted by molar-refractivity contribution is 7.91. The third-order valence-electron chi connectivity index (χ3n) is 3.64. The molecule has 10 heteroatoms. The van der Waals surface area contributed by atoms with E-state index in [1.165, 1.54) is 17.2 Å². The number of sulfone groups is 1. The lowest BCUT2D eigenvalue weighted by molar-refractivity contribution is -0.388. The van der Waals surface area contributed by atoms with E-state index in [9.17, 15) is 23.3 Å². The van der Waals surface area contributed by atoms with Crippen molar-refractivity contribution >= 4 is 21.6 Å². The molecule has 0 radical (unpaired) electrons. The summed E-state index contributed by atoms with van der Waals surface area (Å²) in [5, 5.41) is 10.5. The minimum Gasteiger partial charge on any atom is -0.444 e. The zero-order valence-corrected chi connectivity index (χ0v) is 15.2. The molecule has 1 saturated heterocycles.